The number of aromatic nitrogens is 1. The number of hydrogen-bond donors (Lipinski definition) is 2. The second-order valence-corrected chi connectivity index (χ2v) is 6.11. The predicted molar refractivity (Wildman–Crippen MR) is 96.8 cm³/mol. The van der Waals surface area contributed by atoms with Gasteiger partial charge in [0.2, 0.25) is 5.91 Å². The van der Waals surface area contributed by atoms with Crippen molar-refractivity contribution in [3.63, 3.8) is 0 Å². The average molecular weight is 338 g/mol. The highest BCUT2D eigenvalue weighted by atomic mass is 16.2. The zero-order valence-corrected chi connectivity index (χ0v) is 14.2. The molecule has 1 atom stereocenters. The number of nitrogens with zero attached hydrogens (tertiary/aromatic N) is 2. The number of pyridine rings is 1. The number of likely N-dealkylation sites (N-methyl/N-ethyl adjacent to an activating group) is 1. The Morgan fingerprint density at radius 3 is 2.68 bits per heavy atom. The van der Waals surface area contributed by atoms with Gasteiger partial charge in [-0.2, -0.15) is 0 Å². The molecule has 0 spiro atoms. The summed E-state index contributed by atoms with van der Waals surface area (Å²) < 4.78 is 0. The molecule has 0 saturated carbocycles. The molecule has 3 rings (SSSR count). The van der Waals surface area contributed by atoms with Crippen LogP contribution in [0.1, 0.15) is 29.6 Å². The first-order valence-electron chi connectivity index (χ1n) is 8.46. The average Bonchev–Trinajstić information content (AvgIpc) is 2.67. The van der Waals surface area contributed by atoms with Gasteiger partial charge in [-0.1, -0.05) is 30.3 Å². The molecule has 0 aliphatic carbocycles. The van der Waals surface area contributed by atoms with E-state index in [-0.39, 0.29) is 11.8 Å². The van der Waals surface area contributed by atoms with E-state index in [4.69, 9.17) is 5.73 Å². The maximum Gasteiger partial charge on any atom is 0.256 e. The largest absolute Gasteiger partial charge is 0.396 e. The summed E-state index contributed by atoms with van der Waals surface area (Å²) in [4.78, 5) is 31.2. The number of carbonyl (C=O) groups is 2. The van der Waals surface area contributed by atoms with E-state index < -0.39 is 6.04 Å². The van der Waals surface area contributed by atoms with Gasteiger partial charge in [-0.15, -0.1) is 0 Å². The lowest BCUT2D eigenvalue weighted by atomic mass is 9.99. The number of amides is 2. The van der Waals surface area contributed by atoms with E-state index in [0.29, 0.717) is 29.9 Å². The third kappa shape index (κ3) is 3.33. The van der Waals surface area contributed by atoms with E-state index in [2.05, 4.69) is 10.3 Å². The van der Waals surface area contributed by atoms with Gasteiger partial charge in [-0.3, -0.25) is 14.6 Å². The van der Waals surface area contributed by atoms with E-state index >= 15 is 0 Å². The van der Waals surface area contributed by atoms with Crippen LogP contribution in [0, 0.1) is 0 Å². The molecule has 2 amide bonds. The standard InChI is InChI=1S/C19H22N4O2/c1-21-18(24)15-9-5-6-12-23(15)19(25)14-10-11-22-17(16(14)20)13-7-3-2-4-8-13/h2-4,7-8,10-11,15H,5-6,9,12,20H2,1H3,(H,21,24). The van der Waals surface area contributed by atoms with Gasteiger partial charge in [0.05, 0.1) is 16.9 Å². The highest BCUT2D eigenvalue weighted by molar-refractivity contribution is 6.03. The normalized spacial score (nSPS) is 17.2. The quantitative estimate of drug-likeness (QED) is 0.897. The SMILES string of the molecule is CNC(=O)C1CCCCN1C(=O)c1ccnc(-c2ccccc2)c1N. The Kier molecular flexibility index (Phi) is 4.97. The fourth-order valence-corrected chi connectivity index (χ4v) is 3.25. The number of piperidine rings is 1. The molecule has 130 valence electrons. The van der Waals surface area contributed by atoms with Gasteiger partial charge in [0.15, 0.2) is 0 Å². The molecule has 1 fully saturated rings. The summed E-state index contributed by atoms with van der Waals surface area (Å²) in [5.41, 5.74) is 8.45. The van der Waals surface area contributed by atoms with Gasteiger partial charge >= 0.3 is 0 Å². The Bertz CT molecular complexity index is 776. The molecular weight excluding hydrogens is 316 g/mol. The van der Waals surface area contributed by atoms with Gasteiger partial charge in [-0.05, 0) is 25.3 Å². The van der Waals surface area contributed by atoms with Crippen LogP contribution >= 0.6 is 0 Å². The van der Waals surface area contributed by atoms with Crippen LogP contribution in [0.25, 0.3) is 11.3 Å². The van der Waals surface area contributed by atoms with E-state index in [1.807, 2.05) is 30.3 Å². The maximum atomic E-state index is 13.1. The Hall–Kier alpha value is -2.89. The molecule has 1 saturated heterocycles. The molecule has 0 bridgehead atoms. The summed E-state index contributed by atoms with van der Waals surface area (Å²) in [6.07, 6.45) is 4.07. The Balaban J connectivity index is 1.96. The number of nitrogens with two attached hydrogens (primary N) is 1. The van der Waals surface area contributed by atoms with Crippen molar-refractivity contribution in [1.82, 2.24) is 15.2 Å². The van der Waals surface area contributed by atoms with Crippen molar-refractivity contribution in [3.05, 3.63) is 48.2 Å². The molecule has 2 aromatic rings. The van der Waals surface area contributed by atoms with Gasteiger partial charge in [0.25, 0.3) is 5.91 Å². The summed E-state index contributed by atoms with van der Waals surface area (Å²) in [6, 6.07) is 10.7. The highest BCUT2D eigenvalue weighted by Crippen LogP contribution is 2.28. The van der Waals surface area contributed by atoms with E-state index in [0.717, 1.165) is 18.4 Å². The van der Waals surface area contributed by atoms with Crippen molar-refractivity contribution in [2.75, 3.05) is 19.3 Å². The molecule has 1 aliphatic rings. The van der Waals surface area contributed by atoms with Crippen LogP contribution in [-0.4, -0.2) is 41.3 Å². The number of likely N-dealkylation sites (tertiary alicyclic amines) is 1. The van der Waals surface area contributed by atoms with Gasteiger partial charge < -0.3 is 16.0 Å². The first kappa shape index (κ1) is 17.0. The molecule has 25 heavy (non-hydrogen) atoms. The van der Waals surface area contributed by atoms with Crippen LogP contribution < -0.4 is 11.1 Å². The van der Waals surface area contributed by atoms with E-state index in [1.165, 1.54) is 0 Å². The number of rotatable bonds is 3. The van der Waals surface area contributed by atoms with Gasteiger partial charge in [0, 0.05) is 25.4 Å². The van der Waals surface area contributed by atoms with Crippen LogP contribution in [0.2, 0.25) is 0 Å². The summed E-state index contributed by atoms with van der Waals surface area (Å²) in [5.74, 6) is -0.352. The molecule has 6 nitrogen and oxygen atoms in total. The summed E-state index contributed by atoms with van der Waals surface area (Å²) in [7, 11) is 1.59. The lowest BCUT2D eigenvalue weighted by Crippen LogP contribution is -2.51. The van der Waals surface area contributed by atoms with Crippen molar-refractivity contribution in [1.29, 1.82) is 0 Å². The van der Waals surface area contributed by atoms with Crippen LogP contribution in [0.4, 0.5) is 5.69 Å². The number of hydrogen-bond acceptors (Lipinski definition) is 4. The molecule has 2 heterocycles. The van der Waals surface area contributed by atoms with Crippen molar-refractivity contribution >= 4 is 17.5 Å². The second kappa shape index (κ2) is 7.34. The van der Waals surface area contributed by atoms with Crippen LogP contribution in [-0.2, 0) is 4.79 Å². The number of carbonyl (C=O) groups excluding carboxylic acids is 2. The van der Waals surface area contributed by atoms with Crippen molar-refractivity contribution in [2.24, 2.45) is 0 Å². The summed E-state index contributed by atoms with van der Waals surface area (Å²) >= 11 is 0. The molecule has 6 heteroatoms. The summed E-state index contributed by atoms with van der Waals surface area (Å²) in [5, 5.41) is 2.65. The van der Waals surface area contributed by atoms with Crippen LogP contribution in [0.15, 0.2) is 42.6 Å². The van der Waals surface area contributed by atoms with Crippen LogP contribution in [0.5, 0.6) is 0 Å². The van der Waals surface area contributed by atoms with Crippen molar-refractivity contribution in [2.45, 2.75) is 25.3 Å². The maximum absolute atomic E-state index is 13.1. The molecular formula is C19H22N4O2. The first-order valence-corrected chi connectivity index (χ1v) is 8.46. The number of benzene rings is 1. The topological polar surface area (TPSA) is 88.3 Å². The van der Waals surface area contributed by atoms with Crippen molar-refractivity contribution < 1.29 is 9.59 Å². The third-order valence-corrected chi connectivity index (χ3v) is 4.58. The zero-order chi connectivity index (χ0) is 17.8. The monoisotopic (exact) mass is 338 g/mol. The minimum atomic E-state index is -0.445. The van der Waals surface area contributed by atoms with Crippen molar-refractivity contribution in [3.8, 4) is 11.3 Å². The molecule has 1 unspecified atom stereocenters. The van der Waals surface area contributed by atoms with Crippen LogP contribution in [0.3, 0.4) is 0 Å². The second-order valence-electron chi connectivity index (χ2n) is 6.11. The lowest BCUT2D eigenvalue weighted by molar-refractivity contribution is -0.126. The minimum absolute atomic E-state index is 0.135. The molecule has 3 N–H and O–H groups in total. The van der Waals surface area contributed by atoms with E-state index in [9.17, 15) is 9.59 Å². The molecule has 1 aromatic heterocycles. The summed E-state index contributed by atoms with van der Waals surface area (Å²) in [6.45, 7) is 0.555. The zero-order valence-electron chi connectivity index (χ0n) is 14.2. The Labute approximate surface area is 147 Å². The number of nitrogen functional groups attached to an aromatic ring is 1. The van der Waals surface area contributed by atoms with Gasteiger partial charge in [-0.25, -0.2) is 0 Å². The Morgan fingerprint density at radius 2 is 1.96 bits per heavy atom. The lowest BCUT2D eigenvalue weighted by Gasteiger charge is -2.34. The Morgan fingerprint density at radius 1 is 1.20 bits per heavy atom. The fourth-order valence-electron chi connectivity index (χ4n) is 3.25. The molecule has 0 radical (unpaired) electrons. The molecule has 1 aliphatic heterocycles. The minimum Gasteiger partial charge on any atom is -0.396 e. The van der Waals surface area contributed by atoms with E-state index in [1.54, 1.807) is 24.2 Å². The molecule has 1 aromatic carbocycles. The van der Waals surface area contributed by atoms with Gasteiger partial charge in [0.1, 0.15) is 6.04 Å². The predicted octanol–water partition coefficient (Wildman–Crippen LogP) is 2.07. The third-order valence-electron chi connectivity index (χ3n) is 4.58. The smallest absolute Gasteiger partial charge is 0.256 e. The fraction of sp³-hybridized carbons (Fsp3) is 0.316. The first-order chi connectivity index (χ1) is 12.1. The highest BCUT2D eigenvalue weighted by Gasteiger charge is 2.33. The number of anilines is 1. The number of nitrogens with one attached hydrogen (secondary N) is 1.